The quantitative estimate of drug-likeness (QED) is 0.828. The lowest BCUT2D eigenvalue weighted by molar-refractivity contribution is -0.135. The molecule has 2 aromatic carbocycles. The van der Waals surface area contributed by atoms with Crippen molar-refractivity contribution in [2.24, 2.45) is 11.8 Å². The van der Waals surface area contributed by atoms with Gasteiger partial charge in [-0.15, -0.1) is 0 Å². The van der Waals surface area contributed by atoms with Crippen LogP contribution in [-0.4, -0.2) is 35.8 Å². The fourth-order valence-corrected chi connectivity index (χ4v) is 3.83. The first-order valence-corrected chi connectivity index (χ1v) is 10.2. The van der Waals surface area contributed by atoms with Crippen LogP contribution in [0.15, 0.2) is 60.7 Å². The van der Waals surface area contributed by atoms with Crippen LogP contribution < -0.4 is 5.32 Å². The predicted octanol–water partition coefficient (Wildman–Crippen LogP) is 3.92. The van der Waals surface area contributed by atoms with Crippen LogP contribution in [0.25, 0.3) is 0 Å². The summed E-state index contributed by atoms with van der Waals surface area (Å²) in [4.78, 5) is 27.5. The molecule has 2 aromatic rings. The number of piperidine rings is 1. The summed E-state index contributed by atoms with van der Waals surface area (Å²) in [5.41, 5.74) is 1.95. The number of hydrogen-bond acceptors (Lipinski definition) is 2. The molecule has 0 aromatic heterocycles. The SMILES string of the molecule is CC(C)C(NC(=O)c1ccccc1)C(=O)N1CCC(Cc2ccccc2)CC1. The summed E-state index contributed by atoms with van der Waals surface area (Å²) in [6, 6.07) is 19.1. The number of nitrogens with one attached hydrogen (secondary N) is 1. The molecule has 1 unspecified atom stereocenters. The van der Waals surface area contributed by atoms with Crippen LogP contribution in [-0.2, 0) is 11.2 Å². The highest BCUT2D eigenvalue weighted by Gasteiger charge is 2.31. The number of benzene rings is 2. The zero-order chi connectivity index (χ0) is 19.9. The molecular weight excluding hydrogens is 348 g/mol. The van der Waals surface area contributed by atoms with Crippen LogP contribution in [0.1, 0.15) is 42.6 Å². The van der Waals surface area contributed by atoms with Crippen LogP contribution in [0.4, 0.5) is 0 Å². The minimum atomic E-state index is -0.488. The Morgan fingerprint density at radius 1 is 0.964 bits per heavy atom. The summed E-state index contributed by atoms with van der Waals surface area (Å²) in [7, 11) is 0. The van der Waals surface area contributed by atoms with E-state index < -0.39 is 6.04 Å². The van der Waals surface area contributed by atoms with Crippen LogP contribution >= 0.6 is 0 Å². The van der Waals surface area contributed by atoms with E-state index in [1.807, 2.05) is 43.0 Å². The van der Waals surface area contributed by atoms with Crippen molar-refractivity contribution in [3.63, 3.8) is 0 Å². The zero-order valence-electron chi connectivity index (χ0n) is 16.8. The van der Waals surface area contributed by atoms with Crippen molar-refractivity contribution < 1.29 is 9.59 Å². The van der Waals surface area contributed by atoms with Crippen molar-refractivity contribution in [2.75, 3.05) is 13.1 Å². The maximum Gasteiger partial charge on any atom is 0.251 e. The zero-order valence-corrected chi connectivity index (χ0v) is 16.8. The molecule has 1 atom stereocenters. The van der Waals surface area contributed by atoms with Crippen LogP contribution in [0.3, 0.4) is 0 Å². The number of likely N-dealkylation sites (tertiary alicyclic amines) is 1. The third-order valence-electron chi connectivity index (χ3n) is 5.55. The summed E-state index contributed by atoms with van der Waals surface area (Å²) >= 11 is 0. The van der Waals surface area contributed by atoms with E-state index in [2.05, 4.69) is 29.6 Å². The highest BCUT2D eigenvalue weighted by atomic mass is 16.2. The molecule has 0 saturated carbocycles. The molecule has 0 radical (unpaired) electrons. The van der Waals surface area contributed by atoms with Crippen molar-refractivity contribution in [3.8, 4) is 0 Å². The first-order chi connectivity index (χ1) is 13.5. The highest BCUT2D eigenvalue weighted by molar-refractivity contribution is 5.97. The van der Waals surface area contributed by atoms with E-state index in [0.29, 0.717) is 11.5 Å². The Labute approximate surface area is 167 Å². The van der Waals surface area contributed by atoms with Crippen LogP contribution in [0.2, 0.25) is 0 Å². The van der Waals surface area contributed by atoms with Crippen molar-refractivity contribution in [3.05, 3.63) is 71.8 Å². The molecule has 1 N–H and O–H groups in total. The van der Waals surface area contributed by atoms with Crippen molar-refractivity contribution in [1.29, 1.82) is 0 Å². The van der Waals surface area contributed by atoms with E-state index in [9.17, 15) is 9.59 Å². The first-order valence-electron chi connectivity index (χ1n) is 10.2. The lowest BCUT2D eigenvalue weighted by atomic mass is 9.89. The molecule has 148 valence electrons. The molecule has 1 heterocycles. The maximum absolute atomic E-state index is 13.1. The molecule has 4 heteroatoms. The molecule has 1 saturated heterocycles. The lowest BCUT2D eigenvalue weighted by Crippen LogP contribution is -2.53. The number of hydrogen-bond donors (Lipinski definition) is 1. The van der Waals surface area contributed by atoms with Gasteiger partial charge in [-0.25, -0.2) is 0 Å². The fraction of sp³-hybridized carbons (Fsp3) is 0.417. The number of rotatable bonds is 6. The molecular formula is C24H30N2O2. The largest absolute Gasteiger partial charge is 0.341 e. The predicted molar refractivity (Wildman–Crippen MR) is 112 cm³/mol. The second-order valence-electron chi connectivity index (χ2n) is 8.02. The van der Waals surface area contributed by atoms with Gasteiger partial charge in [0.05, 0.1) is 0 Å². The van der Waals surface area contributed by atoms with Crippen LogP contribution in [0, 0.1) is 11.8 Å². The Hall–Kier alpha value is -2.62. The third kappa shape index (κ3) is 5.22. The van der Waals surface area contributed by atoms with Gasteiger partial charge in [-0.1, -0.05) is 62.4 Å². The van der Waals surface area contributed by atoms with Crippen molar-refractivity contribution in [1.82, 2.24) is 10.2 Å². The average Bonchev–Trinajstić information content (AvgIpc) is 2.73. The van der Waals surface area contributed by atoms with E-state index in [0.717, 1.165) is 32.4 Å². The second-order valence-corrected chi connectivity index (χ2v) is 8.02. The number of nitrogens with zero attached hydrogens (tertiary/aromatic N) is 1. The van der Waals surface area contributed by atoms with Crippen LogP contribution in [0.5, 0.6) is 0 Å². The van der Waals surface area contributed by atoms with E-state index >= 15 is 0 Å². The second kappa shape index (κ2) is 9.54. The first kappa shape index (κ1) is 20.1. The normalized spacial score (nSPS) is 16.0. The van der Waals surface area contributed by atoms with Gasteiger partial charge in [-0.05, 0) is 48.8 Å². The Kier molecular flexibility index (Phi) is 6.85. The van der Waals surface area contributed by atoms with Crippen molar-refractivity contribution >= 4 is 11.8 Å². The number of carbonyl (C=O) groups is 2. The summed E-state index contributed by atoms with van der Waals surface area (Å²) in [5, 5.41) is 2.95. The lowest BCUT2D eigenvalue weighted by Gasteiger charge is -2.35. The Morgan fingerprint density at radius 3 is 2.11 bits per heavy atom. The maximum atomic E-state index is 13.1. The molecule has 1 aliphatic rings. The van der Waals surface area contributed by atoms with Gasteiger partial charge in [0.15, 0.2) is 0 Å². The Balaban J connectivity index is 1.56. The van der Waals surface area contributed by atoms with Gasteiger partial charge in [0.2, 0.25) is 5.91 Å². The molecule has 1 fully saturated rings. The average molecular weight is 379 g/mol. The Morgan fingerprint density at radius 2 is 1.54 bits per heavy atom. The topological polar surface area (TPSA) is 49.4 Å². The molecule has 0 aliphatic carbocycles. The van der Waals surface area contributed by atoms with E-state index in [1.54, 1.807) is 12.1 Å². The van der Waals surface area contributed by atoms with Gasteiger partial charge in [0.25, 0.3) is 5.91 Å². The molecule has 0 bridgehead atoms. The summed E-state index contributed by atoms with van der Waals surface area (Å²) in [6.45, 7) is 5.49. The van der Waals surface area contributed by atoms with Gasteiger partial charge in [-0.3, -0.25) is 9.59 Å². The van der Waals surface area contributed by atoms with Gasteiger partial charge >= 0.3 is 0 Å². The van der Waals surface area contributed by atoms with Gasteiger partial charge in [0, 0.05) is 18.7 Å². The number of carbonyl (C=O) groups excluding carboxylic acids is 2. The Bertz CT molecular complexity index is 766. The highest BCUT2D eigenvalue weighted by Crippen LogP contribution is 2.23. The van der Waals surface area contributed by atoms with Crippen molar-refractivity contribution in [2.45, 2.75) is 39.2 Å². The fourth-order valence-electron chi connectivity index (χ4n) is 3.83. The summed E-state index contributed by atoms with van der Waals surface area (Å²) in [6.07, 6.45) is 3.09. The molecule has 2 amide bonds. The monoisotopic (exact) mass is 378 g/mol. The minimum absolute atomic E-state index is 0.0393. The molecule has 0 spiro atoms. The van der Waals surface area contributed by atoms with E-state index in [1.165, 1.54) is 5.56 Å². The van der Waals surface area contributed by atoms with E-state index in [4.69, 9.17) is 0 Å². The molecule has 1 aliphatic heterocycles. The third-order valence-corrected chi connectivity index (χ3v) is 5.55. The number of amides is 2. The standard InChI is InChI=1S/C24H30N2O2/c1-18(2)22(25-23(27)21-11-7-4-8-12-21)24(28)26-15-13-20(14-16-26)17-19-9-5-3-6-10-19/h3-12,18,20,22H,13-17H2,1-2H3,(H,25,27). The molecule has 3 rings (SSSR count). The summed E-state index contributed by atoms with van der Waals surface area (Å²) in [5.74, 6) is 0.508. The van der Waals surface area contributed by atoms with Gasteiger partial charge in [-0.2, -0.15) is 0 Å². The minimum Gasteiger partial charge on any atom is -0.341 e. The smallest absolute Gasteiger partial charge is 0.251 e. The molecule has 28 heavy (non-hydrogen) atoms. The molecule has 4 nitrogen and oxygen atoms in total. The van der Waals surface area contributed by atoms with Gasteiger partial charge < -0.3 is 10.2 Å². The van der Waals surface area contributed by atoms with E-state index in [-0.39, 0.29) is 17.7 Å². The summed E-state index contributed by atoms with van der Waals surface area (Å²) < 4.78 is 0. The van der Waals surface area contributed by atoms with Gasteiger partial charge in [0.1, 0.15) is 6.04 Å².